The summed E-state index contributed by atoms with van der Waals surface area (Å²) in [5.74, 6) is -0.217. The van der Waals surface area contributed by atoms with E-state index in [0.717, 1.165) is 0 Å². The van der Waals surface area contributed by atoms with E-state index in [1.807, 2.05) is 0 Å². The van der Waals surface area contributed by atoms with Gasteiger partial charge in [-0.15, -0.1) is 4.98 Å². The van der Waals surface area contributed by atoms with Gasteiger partial charge >= 0.3 is 18.3 Å². The lowest BCUT2D eigenvalue weighted by atomic mass is 10.4. The number of H-pyrrole nitrogens is 1. The zero-order chi connectivity index (χ0) is 16.4. The molecule has 3 aromatic rings. The molecule has 0 bridgehead atoms. The predicted molar refractivity (Wildman–Crippen MR) is 65.4 cm³/mol. The standard InChI is InChI=1S/C12H7F4N5O2/c13-10-18-9(7-2-1-3-17-7)19-11(20-10)22-5-6-4-8(21-23-6)12(14,15)16/h1-4,17H,5H2. The third-order valence-corrected chi connectivity index (χ3v) is 2.62. The molecule has 0 fully saturated rings. The molecular formula is C12H7F4N5O2. The van der Waals surface area contributed by atoms with Crippen LogP contribution in [0, 0.1) is 6.08 Å². The number of ether oxygens (including phenoxy) is 1. The summed E-state index contributed by atoms with van der Waals surface area (Å²) in [5.41, 5.74) is -0.764. The molecule has 0 radical (unpaired) electrons. The lowest BCUT2D eigenvalue weighted by Gasteiger charge is -2.03. The van der Waals surface area contributed by atoms with Crippen LogP contribution in [0.3, 0.4) is 0 Å². The van der Waals surface area contributed by atoms with Gasteiger partial charge in [0.05, 0.1) is 5.69 Å². The van der Waals surface area contributed by atoms with Gasteiger partial charge in [0.1, 0.15) is 0 Å². The van der Waals surface area contributed by atoms with Gasteiger partial charge in [-0.2, -0.15) is 27.5 Å². The Morgan fingerprint density at radius 3 is 2.70 bits per heavy atom. The Labute approximate surface area is 125 Å². The second-order valence-electron chi connectivity index (χ2n) is 4.26. The van der Waals surface area contributed by atoms with Gasteiger partial charge in [0.15, 0.2) is 23.9 Å². The molecule has 23 heavy (non-hydrogen) atoms. The van der Waals surface area contributed by atoms with Crippen molar-refractivity contribution >= 4 is 0 Å². The Morgan fingerprint density at radius 1 is 1.22 bits per heavy atom. The van der Waals surface area contributed by atoms with E-state index < -0.39 is 30.6 Å². The number of hydrogen-bond donors (Lipinski definition) is 1. The monoisotopic (exact) mass is 329 g/mol. The van der Waals surface area contributed by atoms with Crippen molar-refractivity contribution in [1.82, 2.24) is 25.1 Å². The quantitative estimate of drug-likeness (QED) is 0.740. The van der Waals surface area contributed by atoms with Gasteiger partial charge in [0.2, 0.25) is 0 Å². The summed E-state index contributed by atoms with van der Waals surface area (Å²) in [6.07, 6.45) is -4.12. The van der Waals surface area contributed by atoms with Gasteiger partial charge in [-0.05, 0) is 12.1 Å². The van der Waals surface area contributed by atoms with E-state index in [1.165, 1.54) is 0 Å². The normalized spacial score (nSPS) is 11.7. The molecule has 3 rings (SSSR count). The van der Waals surface area contributed by atoms with Crippen molar-refractivity contribution in [2.24, 2.45) is 0 Å². The molecule has 3 aromatic heterocycles. The minimum atomic E-state index is -4.62. The van der Waals surface area contributed by atoms with Crippen molar-refractivity contribution in [3.63, 3.8) is 0 Å². The van der Waals surface area contributed by atoms with Crippen molar-refractivity contribution in [3.8, 4) is 17.5 Å². The molecule has 0 saturated heterocycles. The van der Waals surface area contributed by atoms with E-state index in [4.69, 9.17) is 4.74 Å². The molecule has 11 heteroatoms. The summed E-state index contributed by atoms with van der Waals surface area (Å²) in [7, 11) is 0. The van der Waals surface area contributed by atoms with Crippen LogP contribution in [0.25, 0.3) is 11.5 Å². The molecule has 0 aliphatic rings. The fourth-order valence-electron chi connectivity index (χ4n) is 1.64. The molecular weight excluding hydrogens is 322 g/mol. The van der Waals surface area contributed by atoms with Crippen molar-refractivity contribution in [2.45, 2.75) is 12.8 Å². The van der Waals surface area contributed by atoms with Crippen molar-refractivity contribution in [2.75, 3.05) is 0 Å². The summed E-state index contributed by atoms with van der Waals surface area (Å²) in [4.78, 5) is 13.4. The van der Waals surface area contributed by atoms with Crippen molar-refractivity contribution in [3.05, 3.63) is 41.9 Å². The number of alkyl halides is 3. The molecule has 3 heterocycles. The number of nitrogens with zero attached hydrogens (tertiary/aromatic N) is 4. The van der Waals surface area contributed by atoms with E-state index in [9.17, 15) is 17.6 Å². The van der Waals surface area contributed by atoms with Crippen LogP contribution in [0.15, 0.2) is 28.9 Å². The second-order valence-corrected chi connectivity index (χ2v) is 4.26. The Hall–Kier alpha value is -2.98. The zero-order valence-corrected chi connectivity index (χ0v) is 11.1. The van der Waals surface area contributed by atoms with Crippen LogP contribution in [0.1, 0.15) is 11.5 Å². The topological polar surface area (TPSA) is 89.7 Å². The minimum Gasteiger partial charge on any atom is -0.455 e. The van der Waals surface area contributed by atoms with Gasteiger partial charge in [-0.3, -0.25) is 0 Å². The summed E-state index contributed by atoms with van der Waals surface area (Å²) in [6.45, 7) is -0.448. The Balaban J connectivity index is 1.74. The zero-order valence-electron chi connectivity index (χ0n) is 11.1. The largest absolute Gasteiger partial charge is 0.455 e. The minimum absolute atomic E-state index is 0.00829. The highest BCUT2D eigenvalue weighted by Crippen LogP contribution is 2.28. The summed E-state index contributed by atoms with van der Waals surface area (Å²) >= 11 is 0. The molecule has 120 valence electrons. The number of rotatable bonds is 4. The van der Waals surface area contributed by atoms with Gasteiger partial charge in [-0.1, -0.05) is 5.16 Å². The average Bonchev–Trinajstić information content (AvgIpc) is 3.15. The molecule has 0 amide bonds. The lowest BCUT2D eigenvalue weighted by Crippen LogP contribution is -2.05. The van der Waals surface area contributed by atoms with Crippen molar-refractivity contribution in [1.29, 1.82) is 0 Å². The molecule has 0 unspecified atom stereocenters. The molecule has 7 nitrogen and oxygen atoms in total. The van der Waals surface area contributed by atoms with Crippen LogP contribution in [-0.4, -0.2) is 25.1 Å². The average molecular weight is 329 g/mol. The SMILES string of the molecule is Fc1nc(OCc2cc(C(F)(F)F)no2)nc(-c2ccc[nH]2)n1. The van der Waals surface area contributed by atoms with E-state index in [1.54, 1.807) is 18.3 Å². The summed E-state index contributed by atoms with van der Waals surface area (Å²) < 4.78 is 60.0. The highest BCUT2D eigenvalue weighted by molar-refractivity contribution is 5.48. The third kappa shape index (κ3) is 3.44. The van der Waals surface area contributed by atoms with Gasteiger partial charge in [-0.25, -0.2) is 0 Å². The van der Waals surface area contributed by atoms with Crippen LogP contribution < -0.4 is 4.74 Å². The third-order valence-electron chi connectivity index (χ3n) is 2.62. The lowest BCUT2D eigenvalue weighted by molar-refractivity contribution is -0.142. The maximum absolute atomic E-state index is 13.4. The summed E-state index contributed by atoms with van der Waals surface area (Å²) in [5, 5.41) is 2.86. The summed E-state index contributed by atoms with van der Waals surface area (Å²) in [6, 6.07) is 3.53. The Bertz CT molecular complexity index is 800. The Kier molecular flexibility index (Phi) is 3.68. The molecule has 1 N–H and O–H groups in total. The van der Waals surface area contributed by atoms with Crippen molar-refractivity contribution < 1.29 is 26.8 Å². The molecule has 0 atom stereocenters. The first-order chi connectivity index (χ1) is 10.9. The van der Waals surface area contributed by atoms with E-state index in [-0.39, 0.29) is 11.6 Å². The van der Waals surface area contributed by atoms with E-state index in [2.05, 4.69) is 29.6 Å². The maximum atomic E-state index is 13.4. The molecule has 0 aliphatic carbocycles. The predicted octanol–water partition coefficient (Wildman–Crippen LogP) is 2.59. The van der Waals surface area contributed by atoms with Gasteiger partial charge < -0.3 is 14.2 Å². The fraction of sp³-hybridized carbons (Fsp3) is 0.167. The van der Waals surface area contributed by atoms with Crippen LogP contribution in [0.2, 0.25) is 0 Å². The highest BCUT2D eigenvalue weighted by atomic mass is 19.4. The number of aromatic nitrogens is 5. The number of hydrogen-bond acceptors (Lipinski definition) is 6. The molecule has 0 aromatic carbocycles. The van der Waals surface area contributed by atoms with E-state index >= 15 is 0 Å². The van der Waals surface area contributed by atoms with Gasteiger partial charge in [0, 0.05) is 12.3 Å². The van der Waals surface area contributed by atoms with Crippen LogP contribution >= 0.6 is 0 Å². The molecule has 0 spiro atoms. The van der Waals surface area contributed by atoms with Crippen LogP contribution in [0.5, 0.6) is 6.01 Å². The first-order valence-electron chi connectivity index (χ1n) is 6.13. The molecule has 0 aliphatic heterocycles. The second kappa shape index (κ2) is 5.66. The van der Waals surface area contributed by atoms with Gasteiger partial charge in [0.25, 0.3) is 0 Å². The van der Waals surface area contributed by atoms with E-state index in [0.29, 0.717) is 11.8 Å². The maximum Gasteiger partial charge on any atom is 0.436 e. The van der Waals surface area contributed by atoms with Crippen LogP contribution in [0.4, 0.5) is 17.6 Å². The van der Waals surface area contributed by atoms with Crippen LogP contribution in [-0.2, 0) is 12.8 Å². The first kappa shape index (κ1) is 14.9. The smallest absolute Gasteiger partial charge is 0.436 e. The fourth-order valence-corrected chi connectivity index (χ4v) is 1.64. The molecule has 0 saturated carbocycles. The number of nitrogens with one attached hydrogen (secondary N) is 1. The number of halogens is 4. The number of aromatic amines is 1. The Morgan fingerprint density at radius 2 is 2.04 bits per heavy atom. The highest BCUT2D eigenvalue weighted by Gasteiger charge is 2.35. The first-order valence-corrected chi connectivity index (χ1v) is 6.13.